The predicted molar refractivity (Wildman–Crippen MR) is 82.6 cm³/mol. The van der Waals surface area contributed by atoms with E-state index >= 15 is 0 Å². The summed E-state index contributed by atoms with van der Waals surface area (Å²) in [5, 5.41) is 2.51. The van der Waals surface area contributed by atoms with E-state index in [1.54, 1.807) is 24.3 Å². The highest BCUT2D eigenvalue weighted by atomic mass is 19.1. The molecule has 0 aromatic heterocycles. The van der Waals surface area contributed by atoms with Crippen LogP contribution in [0.3, 0.4) is 0 Å². The summed E-state index contributed by atoms with van der Waals surface area (Å²) in [6, 6.07) is 12.8. The van der Waals surface area contributed by atoms with E-state index in [1.807, 2.05) is 6.07 Å². The van der Waals surface area contributed by atoms with Crippen LogP contribution in [0.5, 0.6) is 0 Å². The molecule has 0 heterocycles. The molecule has 0 radical (unpaired) electrons. The van der Waals surface area contributed by atoms with Crippen LogP contribution in [0.25, 0.3) is 0 Å². The lowest BCUT2D eigenvalue weighted by Gasteiger charge is -2.17. The van der Waals surface area contributed by atoms with Gasteiger partial charge in [0.25, 0.3) is 5.91 Å². The molecule has 120 valence electrons. The maximum Gasteiger partial charge on any atom is 0.342 e. The maximum absolute atomic E-state index is 13.9. The van der Waals surface area contributed by atoms with Crippen molar-refractivity contribution in [3.05, 3.63) is 65.5 Å². The van der Waals surface area contributed by atoms with Gasteiger partial charge < -0.3 is 14.8 Å². The van der Waals surface area contributed by atoms with Crippen molar-refractivity contribution in [3.63, 3.8) is 0 Å². The molecule has 0 aliphatic rings. The first-order valence-corrected chi connectivity index (χ1v) is 6.84. The first-order valence-electron chi connectivity index (χ1n) is 6.84. The molecule has 2 rings (SSSR count). The summed E-state index contributed by atoms with van der Waals surface area (Å²) in [6.45, 7) is 0. The van der Waals surface area contributed by atoms with Crippen LogP contribution < -0.4 is 5.32 Å². The van der Waals surface area contributed by atoms with E-state index in [9.17, 15) is 14.0 Å². The van der Waals surface area contributed by atoms with Crippen LogP contribution in [-0.2, 0) is 14.3 Å². The predicted octanol–water partition coefficient (Wildman–Crippen LogP) is 2.94. The first kappa shape index (κ1) is 16.6. The van der Waals surface area contributed by atoms with Crippen molar-refractivity contribution in [1.29, 1.82) is 0 Å². The summed E-state index contributed by atoms with van der Waals surface area (Å²) in [6.07, 6.45) is -0.884. The summed E-state index contributed by atoms with van der Waals surface area (Å²) < 4.78 is 23.6. The minimum Gasteiger partial charge on any atom is -0.465 e. The second kappa shape index (κ2) is 7.51. The molecule has 2 aromatic rings. The van der Waals surface area contributed by atoms with Gasteiger partial charge in [-0.25, -0.2) is 9.18 Å². The van der Waals surface area contributed by atoms with Gasteiger partial charge in [-0.05, 0) is 17.7 Å². The Morgan fingerprint density at radius 3 is 2.35 bits per heavy atom. The summed E-state index contributed by atoms with van der Waals surface area (Å²) >= 11 is 0. The summed E-state index contributed by atoms with van der Waals surface area (Å²) in [7, 11) is 2.53. The molecule has 0 saturated heterocycles. The Labute approximate surface area is 133 Å². The lowest BCUT2D eigenvalue weighted by molar-refractivity contribution is -0.126. The first-order chi connectivity index (χ1) is 11.1. The average Bonchev–Trinajstić information content (AvgIpc) is 2.56. The number of hydrogen-bond donors (Lipinski definition) is 1. The van der Waals surface area contributed by atoms with Gasteiger partial charge in [0.2, 0.25) is 0 Å². The quantitative estimate of drug-likeness (QED) is 0.861. The van der Waals surface area contributed by atoms with Gasteiger partial charge in [-0.2, -0.15) is 0 Å². The molecular formula is C17H16FNO4. The van der Waals surface area contributed by atoms with E-state index in [-0.39, 0.29) is 11.3 Å². The third-order valence-electron chi connectivity index (χ3n) is 3.24. The second-order valence-electron chi connectivity index (χ2n) is 4.67. The molecule has 2 aromatic carbocycles. The zero-order valence-electron chi connectivity index (χ0n) is 12.7. The van der Waals surface area contributed by atoms with Gasteiger partial charge in [0.15, 0.2) is 6.10 Å². The highest BCUT2D eigenvalue weighted by Crippen LogP contribution is 2.23. The minimum absolute atomic E-state index is 0.0276. The fourth-order valence-corrected chi connectivity index (χ4v) is 2.16. The molecule has 6 heteroatoms. The molecule has 1 atom stereocenters. The smallest absolute Gasteiger partial charge is 0.342 e. The molecule has 0 aliphatic carbocycles. The average molecular weight is 317 g/mol. The van der Waals surface area contributed by atoms with Gasteiger partial charge in [-0.15, -0.1) is 0 Å². The Morgan fingerprint density at radius 1 is 1.04 bits per heavy atom. The number of halogens is 1. The van der Waals surface area contributed by atoms with E-state index in [0.717, 1.165) is 13.2 Å². The molecule has 0 saturated carbocycles. The Kier molecular flexibility index (Phi) is 5.43. The van der Waals surface area contributed by atoms with Crippen LogP contribution >= 0.6 is 0 Å². The maximum atomic E-state index is 13.9. The third kappa shape index (κ3) is 3.73. The van der Waals surface area contributed by atoms with Gasteiger partial charge in [-0.3, -0.25) is 4.79 Å². The number of rotatable bonds is 5. The van der Waals surface area contributed by atoms with Crippen LogP contribution in [0.4, 0.5) is 10.1 Å². The standard InChI is InChI=1S/C17H16FNO4/c1-22-15(11-7-4-3-5-8-11)16(20)19-13-10-6-9-12(18)14(13)17(21)23-2/h3-10,15H,1-2H3,(H,19,20)/t15-/m0/s1. The molecule has 0 bridgehead atoms. The number of nitrogens with one attached hydrogen (secondary N) is 1. The van der Waals surface area contributed by atoms with E-state index in [2.05, 4.69) is 10.1 Å². The van der Waals surface area contributed by atoms with E-state index in [1.165, 1.54) is 19.2 Å². The number of methoxy groups -OCH3 is 2. The highest BCUT2D eigenvalue weighted by molar-refractivity contribution is 6.02. The second-order valence-corrected chi connectivity index (χ2v) is 4.67. The zero-order chi connectivity index (χ0) is 16.8. The van der Waals surface area contributed by atoms with Crippen molar-refractivity contribution in [3.8, 4) is 0 Å². The van der Waals surface area contributed by atoms with Gasteiger partial charge in [-0.1, -0.05) is 36.4 Å². The summed E-state index contributed by atoms with van der Waals surface area (Å²) in [5.41, 5.74) is 0.342. The van der Waals surface area contributed by atoms with Crippen molar-refractivity contribution in [2.24, 2.45) is 0 Å². The number of hydrogen-bond acceptors (Lipinski definition) is 4. The lowest BCUT2D eigenvalue weighted by atomic mass is 10.1. The Bertz CT molecular complexity index is 703. The van der Waals surface area contributed by atoms with Crippen LogP contribution in [0, 0.1) is 5.82 Å². The number of esters is 1. The van der Waals surface area contributed by atoms with Crippen molar-refractivity contribution >= 4 is 17.6 Å². The third-order valence-corrected chi connectivity index (χ3v) is 3.24. The molecular weight excluding hydrogens is 301 g/mol. The van der Waals surface area contributed by atoms with Gasteiger partial charge in [0.1, 0.15) is 11.4 Å². The van der Waals surface area contributed by atoms with Crippen molar-refractivity contribution < 1.29 is 23.5 Å². The minimum atomic E-state index is -0.884. The fraction of sp³-hybridized carbons (Fsp3) is 0.176. The van der Waals surface area contributed by atoms with Crippen molar-refractivity contribution in [2.75, 3.05) is 19.5 Å². The molecule has 5 nitrogen and oxygen atoms in total. The molecule has 1 amide bonds. The van der Waals surface area contributed by atoms with Crippen molar-refractivity contribution in [2.45, 2.75) is 6.10 Å². The number of amides is 1. The van der Waals surface area contributed by atoms with E-state index in [4.69, 9.17) is 4.74 Å². The molecule has 0 spiro atoms. The van der Waals surface area contributed by atoms with E-state index in [0.29, 0.717) is 5.56 Å². The van der Waals surface area contributed by atoms with Gasteiger partial charge in [0, 0.05) is 7.11 Å². The van der Waals surface area contributed by atoms with Crippen LogP contribution in [0.15, 0.2) is 48.5 Å². The molecule has 23 heavy (non-hydrogen) atoms. The number of carbonyl (C=O) groups is 2. The number of ether oxygens (including phenoxy) is 2. The largest absolute Gasteiger partial charge is 0.465 e. The number of carbonyl (C=O) groups excluding carboxylic acids is 2. The van der Waals surface area contributed by atoms with Crippen molar-refractivity contribution in [1.82, 2.24) is 0 Å². The lowest BCUT2D eigenvalue weighted by Crippen LogP contribution is -2.24. The molecule has 0 fully saturated rings. The van der Waals surface area contributed by atoms with Crippen LogP contribution in [0.1, 0.15) is 22.0 Å². The van der Waals surface area contributed by atoms with E-state index < -0.39 is 23.8 Å². The molecule has 0 unspecified atom stereocenters. The highest BCUT2D eigenvalue weighted by Gasteiger charge is 2.24. The summed E-state index contributed by atoms with van der Waals surface area (Å²) in [5.74, 6) is -2.16. The Morgan fingerprint density at radius 2 is 1.74 bits per heavy atom. The van der Waals surface area contributed by atoms with Gasteiger partial charge >= 0.3 is 5.97 Å². The van der Waals surface area contributed by atoms with Gasteiger partial charge in [0.05, 0.1) is 12.8 Å². The Hall–Kier alpha value is -2.73. The van der Waals surface area contributed by atoms with Crippen LogP contribution in [0.2, 0.25) is 0 Å². The topological polar surface area (TPSA) is 64.6 Å². The number of anilines is 1. The fourth-order valence-electron chi connectivity index (χ4n) is 2.16. The zero-order valence-corrected chi connectivity index (χ0v) is 12.7. The Balaban J connectivity index is 2.30. The number of benzene rings is 2. The van der Waals surface area contributed by atoms with Crippen LogP contribution in [-0.4, -0.2) is 26.1 Å². The molecule has 0 aliphatic heterocycles. The SMILES string of the molecule is COC(=O)c1c(F)cccc1NC(=O)[C@@H](OC)c1ccccc1. The normalized spacial score (nSPS) is 11.6. The monoisotopic (exact) mass is 317 g/mol. The molecule has 1 N–H and O–H groups in total. The summed E-state index contributed by atoms with van der Waals surface area (Å²) in [4.78, 5) is 24.1.